The Hall–Kier alpha value is -0.130. The number of rotatable bonds is 4. The van der Waals surface area contributed by atoms with Gasteiger partial charge in [0.1, 0.15) is 0 Å². The first-order chi connectivity index (χ1) is 5.37. The second kappa shape index (κ2) is 2.97. The highest BCUT2D eigenvalue weighted by Gasteiger charge is 2.38. The van der Waals surface area contributed by atoms with Crippen LogP contribution in [0.2, 0.25) is 0 Å². The minimum Gasteiger partial charge on any atom is -0.329 e. The summed E-state index contributed by atoms with van der Waals surface area (Å²) in [7, 11) is -3.09. The summed E-state index contributed by atoms with van der Waals surface area (Å²) in [6.07, 6.45) is 1.58. The van der Waals surface area contributed by atoms with Crippen LogP contribution in [0, 0.1) is 0 Å². The zero-order chi connectivity index (χ0) is 9.41. The Morgan fingerprint density at radius 2 is 2.00 bits per heavy atom. The van der Waals surface area contributed by atoms with Crippen LogP contribution < -0.4 is 10.5 Å². The van der Waals surface area contributed by atoms with Crippen LogP contribution in [-0.4, -0.2) is 25.8 Å². The van der Waals surface area contributed by atoms with Gasteiger partial charge in [-0.15, -0.1) is 0 Å². The average molecular weight is 192 g/mol. The second-order valence-electron chi connectivity index (χ2n) is 3.93. The first-order valence-corrected chi connectivity index (χ1v) is 5.65. The number of sulfonamides is 1. The summed E-state index contributed by atoms with van der Waals surface area (Å²) in [5.41, 5.74) is 4.89. The van der Waals surface area contributed by atoms with Gasteiger partial charge in [0.25, 0.3) is 0 Å². The Morgan fingerprint density at radius 3 is 2.33 bits per heavy atom. The van der Waals surface area contributed by atoms with E-state index in [-0.39, 0.29) is 5.25 Å². The molecule has 0 aromatic carbocycles. The lowest BCUT2D eigenvalue weighted by atomic mass is 10.1. The number of hydrogen-bond acceptors (Lipinski definition) is 3. The van der Waals surface area contributed by atoms with E-state index in [0.717, 1.165) is 12.8 Å². The molecule has 0 aromatic heterocycles. The van der Waals surface area contributed by atoms with Crippen molar-refractivity contribution >= 4 is 10.0 Å². The van der Waals surface area contributed by atoms with Gasteiger partial charge in [-0.3, -0.25) is 0 Å². The van der Waals surface area contributed by atoms with Crippen molar-refractivity contribution in [3.63, 3.8) is 0 Å². The third-order valence-corrected chi connectivity index (χ3v) is 4.08. The molecule has 0 bridgehead atoms. The molecule has 1 rings (SSSR count). The van der Waals surface area contributed by atoms with Crippen LogP contribution in [-0.2, 0) is 10.0 Å². The first-order valence-electron chi connectivity index (χ1n) is 4.10. The molecule has 3 N–H and O–H groups in total. The van der Waals surface area contributed by atoms with Crippen LogP contribution in [0.5, 0.6) is 0 Å². The summed E-state index contributed by atoms with van der Waals surface area (Å²) in [6.45, 7) is 3.89. The lowest BCUT2D eigenvalue weighted by molar-refractivity contribution is 0.462. The molecule has 0 saturated heterocycles. The molecule has 0 unspecified atom stereocenters. The van der Waals surface area contributed by atoms with E-state index >= 15 is 0 Å². The van der Waals surface area contributed by atoms with Crippen LogP contribution in [0.3, 0.4) is 0 Å². The van der Waals surface area contributed by atoms with Crippen molar-refractivity contribution in [1.29, 1.82) is 0 Å². The smallest absolute Gasteiger partial charge is 0.215 e. The van der Waals surface area contributed by atoms with Crippen LogP contribution in [0.25, 0.3) is 0 Å². The summed E-state index contributed by atoms with van der Waals surface area (Å²) < 4.78 is 25.4. The van der Waals surface area contributed by atoms with Crippen molar-refractivity contribution in [2.24, 2.45) is 5.73 Å². The van der Waals surface area contributed by atoms with E-state index in [2.05, 4.69) is 4.72 Å². The maximum atomic E-state index is 11.4. The van der Waals surface area contributed by atoms with E-state index in [1.165, 1.54) is 0 Å². The molecule has 0 atom stereocenters. The zero-order valence-corrected chi connectivity index (χ0v) is 8.32. The predicted molar refractivity (Wildman–Crippen MR) is 48.2 cm³/mol. The minimum absolute atomic E-state index is 0.164. The van der Waals surface area contributed by atoms with Gasteiger partial charge in [0.15, 0.2) is 0 Å². The Kier molecular flexibility index (Phi) is 2.47. The van der Waals surface area contributed by atoms with Crippen LogP contribution in [0.4, 0.5) is 0 Å². The highest BCUT2D eigenvalue weighted by atomic mass is 32.2. The zero-order valence-electron chi connectivity index (χ0n) is 7.50. The molecule has 0 heterocycles. The fourth-order valence-electron chi connectivity index (χ4n) is 0.888. The average Bonchev–Trinajstić information content (AvgIpc) is 2.65. The van der Waals surface area contributed by atoms with Gasteiger partial charge in [-0.25, -0.2) is 13.1 Å². The van der Waals surface area contributed by atoms with Crippen molar-refractivity contribution in [3.05, 3.63) is 0 Å². The van der Waals surface area contributed by atoms with Gasteiger partial charge in [0.2, 0.25) is 10.0 Å². The summed E-state index contributed by atoms with van der Waals surface area (Å²) in [5.74, 6) is 0. The van der Waals surface area contributed by atoms with Gasteiger partial charge in [0.05, 0.1) is 5.25 Å². The summed E-state index contributed by atoms with van der Waals surface area (Å²) in [5, 5.41) is -0.164. The highest BCUT2D eigenvalue weighted by Crippen LogP contribution is 2.28. The SMILES string of the molecule is CC(C)(CN)NS(=O)(=O)C1CC1. The molecule has 12 heavy (non-hydrogen) atoms. The van der Waals surface area contributed by atoms with E-state index in [1.54, 1.807) is 13.8 Å². The highest BCUT2D eigenvalue weighted by molar-refractivity contribution is 7.90. The molecule has 1 fully saturated rings. The quantitative estimate of drug-likeness (QED) is 0.648. The second-order valence-corrected chi connectivity index (χ2v) is 5.90. The van der Waals surface area contributed by atoms with Gasteiger partial charge in [-0.1, -0.05) is 0 Å². The Labute approximate surface area is 73.6 Å². The topological polar surface area (TPSA) is 72.2 Å². The Bertz CT molecular complexity index is 255. The van der Waals surface area contributed by atoms with Gasteiger partial charge in [-0.05, 0) is 26.7 Å². The lowest BCUT2D eigenvalue weighted by Crippen LogP contribution is -2.49. The van der Waals surface area contributed by atoms with E-state index in [0.29, 0.717) is 6.54 Å². The van der Waals surface area contributed by atoms with Crippen LogP contribution >= 0.6 is 0 Å². The lowest BCUT2D eigenvalue weighted by Gasteiger charge is -2.23. The van der Waals surface area contributed by atoms with E-state index in [9.17, 15) is 8.42 Å². The van der Waals surface area contributed by atoms with Crippen molar-refractivity contribution in [2.75, 3.05) is 6.54 Å². The predicted octanol–water partition coefficient (Wildman–Crippen LogP) is -0.194. The maximum Gasteiger partial charge on any atom is 0.215 e. The molecule has 1 aliphatic rings. The number of nitrogens with one attached hydrogen (secondary N) is 1. The molecule has 0 aromatic rings. The minimum atomic E-state index is -3.09. The van der Waals surface area contributed by atoms with Crippen molar-refractivity contribution in [2.45, 2.75) is 37.5 Å². The van der Waals surface area contributed by atoms with Gasteiger partial charge in [-0.2, -0.15) is 0 Å². The summed E-state index contributed by atoms with van der Waals surface area (Å²) in [6, 6.07) is 0. The van der Waals surface area contributed by atoms with E-state index in [1.807, 2.05) is 0 Å². The number of nitrogens with two attached hydrogens (primary N) is 1. The van der Waals surface area contributed by atoms with Gasteiger partial charge in [0, 0.05) is 12.1 Å². The van der Waals surface area contributed by atoms with Crippen molar-refractivity contribution < 1.29 is 8.42 Å². The summed E-state index contributed by atoms with van der Waals surface area (Å²) in [4.78, 5) is 0. The van der Waals surface area contributed by atoms with Crippen molar-refractivity contribution in [3.8, 4) is 0 Å². The van der Waals surface area contributed by atoms with Gasteiger partial charge >= 0.3 is 0 Å². The monoisotopic (exact) mass is 192 g/mol. The molecular weight excluding hydrogens is 176 g/mol. The van der Waals surface area contributed by atoms with Crippen LogP contribution in [0.15, 0.2) is 0 Å². The summed E-state index contributed by atoms with van der Waals surface area (Å²) >= 11 is 0. The molecule has 0 aliphatic heterocycles. The maximum absolute atomic E-state index is 11.4. The first kappa shape index (κ1) is 9.95. The van der Waals surface area contributed by atoms with Crippen molar-refractivity contribution in [1.82, 2.24) is 4.72 Å². The molecule has 0 radical (unpaired) electrons. The standard InChI is InChI=1S/C7H16N2O2S/c1-7(2,5-8)9-12(10,11)6-3-4-6/h6,9H,3-5,8H2,1-2H3. The largest absolute Gasteiger partial charge is 0.329 e. The fourth-order valence-corrected chi connectivity index (χ4v) is 2.67. The molecule has 0 spiro atoms. The third-order valence-electron chi connectivity index (χ3n) is 1.89. The normalized spacial score (nSPS) is 19.6. The molecule has 4 nitrogen and oxygen atoms in total. The van der Waals surface area contributed by atoms with E-state index in [4.69, 9.17) is 5.73 Å². The van der Waals surface area contributed by atoms with E-state index < -0.39 is 15.6 Å². The Balaban J connectivity index is 2.60. The molecular formula is C7H16N2O2S. The molecule has 1 aliphatic carbocycles. The fraction of sp³-hybridized carbons (Fsp3) is 1.00. The molecule has 5 heteroatoms. The molecule has 0 amide bonds. The molecule has 72 valence electrons. The molecule has 1 saturated carbocycles. The Morgan fingerprint density at radius 1 is 1.50 bits per heavy atom. The van der Waals surface area contributed by atoms with Gasteiger partial charge < -0.3 is 5.73 Å². The number of hydrogen-bond donors (Lipinski definition) is 2. The van der Waals surface area contributed by atoms with Crippen LogP contribution in [0.1, 0.15) is 26.7 Å². The third kappa shape index (κ3) is 2.43.